The molecular weight excluding hydrogens is 198 g/mol. The Morgan fingerprint density at radius 2 is 2.12 bits per heavy atom. The van der Waals surface area contributed by atoms with E-state index in [1.807, 2.05) is 6.07 Å². The maximum absolute atomic E-state index is 5.81. The first kappa shape index (κ1) is 9.91. The summed E-state index contributed by atoms with van der Waals surface area (Å²) in [5, 5.41) is 4.87. The third kappa shape index (κ3) is 1.54. The molecule has 1 aromatic heterocycles. The van der Waals surface area contributed by atoms with Crippen LogP contribution in [0.15, 0.2) is 28.7 Å². The highest BCUT2D eigenvalue weighted by Crippen LogP contribution is 2.33. The van der Waals surface area contributed by atoms with Gasteiger partial charge in [-0.25, -0.2) is 0 Å². The molecule has 2 heterocycles. The first-order valence-electron chi connectivity index (χ1n) is 6.07. The number of furan rings is 1. The van der Waals surface area contributed by atoms with Gasteiger partial charge in [-0.15, -0.1) is 0 Å². The number of nitrogens with one attached hydrogen (secondary N) is 1. The standard InChI is InChI=1S/C14H17NO/c1-10-14(12-7-4-5-9-15-12)11-6-2-3-8-13(11)16-10/h2-3,6,8,12,15H,4-5,7,9H2,1H3. The molecule has 1 N–H and O–H groups in total. The Morgan fingerprint density at radius 1 is 1.25 bits per heavy atom. The predicted molar refractivity (Wildman–Crippen MR) is 65.5 cm³/mol. The molecule has 1 unspecified atom stereocenters. The van der Waals surface area contributed by atoms with Crippen molar-refractivity contribution in [2.24, 2.45) is 0 Å². The zero-order valence-electron chi connectivity index (χ0n) is 9.62. The minimum Gasteiger partial charge on any atom is -0.461 e. The first-order valence-corrected chi connectivity index (χ1v) is 6.07. The number of para-hydroxylation sites is 1. The second-order valence-electron chi connectivity index (χ2n) is 4.57. The van der Waals surface area contributed by atoms with Crippen LogP contribution in [0.3, 0.4) is 0 Å². The zero-order chi connectivity index (χ0) is 11.0. The monoisotopic (exact) mass is 215 g/mol. The molecule has 1 aromatic carbocycles. The fraction of sp³-hybridized carbons (Fsp3) is 0.429. The van der Waals surface area contributed by atoms with Crippen molar-refractivity contribution >= 4 is 11.0 Å². The Balaban J connectivity index is 2.10. The lowest BCUT2D eigenvalue weighted by Crippen LogP contribution is -2.27. The van der Waals surface area contributed by atoms with Crippen LogP contribution in [0.1, 0.15) is 36.6 Å². The molecule has 2 heteroatoms. The van der Waals surface area contributed by atoms with Gasteiger partial charge in [0.1, 0.15) is 11.3 Å². The van der Waals surface area contributed by atoms with E-state index in [0.717, 1.165) is 17.9 Å². The highest BCUT2D eigenvalue weighted by Gasteiger charge is 2.21. The molecule has 0 aliphatic carbocycles. The minimum atomic E-state index is 0.484. The molecule has 2 aromatic rings. The number of aryl methyl sites for hydroxylation is 1. The number of rotatable bonds is 1. The Morgan fingerprint density at radius 3 is 2.94 bits per heavy atom. The molecule has 0 bridgehead atoms. The van der Waals surface area contributed by atoms with E-state index in [1.54, 1.807) is 0 Å². The van der Waals surface area contributed by atoms with Gasteiger partial charge in [0.05, 0.1) is 0 Å². The van der Waals surface area contributed by atoms with Crippen molar-refractivity contribution in [2.45, 2.75) is 32.2 Å². The Hall–Kier alpha value is -1.28. The average molecular weight is 215 g/mol. The third-order valence-electron chi connectivity index (χ3n) is 3.48. The van der Waals surface area contributed by atoms with E-state index in [4.69, 9.17) is 4.42 Å². The molecule has 1 aliphatic rings. The zero-order valence-corrected chi connectivity index (χ0v) is 9.62. The van der Waals surface area contributed by atoms with E-state index in [0.29, 0.717) is 6.04 Å². The summed E-state index contributed by atoms with van der Waals surface area (Å²) in [7, 11) is 0. The summed E-state index contributed by atoms with van der Waals surface area (Å²) in [5.41, 5.74) is 2.39. The summed E-state index contributed by atoms with van der Waals surface area (Å²) in [4.78, 5) is 0. The van der Waals surface area contributed by atoms with Crippen molar-refractivity contribution < 1.29 is 4.42 Å². The van der Waals surface area contributed by atoms with Crippen molar-refractivity contribution in [1.29, 1.82) is 0 Å². The molecule has 0 spiro atoms. The molecule has 1 saturated heterocycles. The van der Waals surface area contributed by atoms with Gasteiger partial charge in [-0.3, -0.25) is 0 Å². The molecule has 0 radical (unpaired) electrons. The molecule has 84 valence electrons. The van der Waals surface area contributed by atoms with Gasteiger partial charge in [-0.05, 0) is 32.4 Å². The maximum Gasteiger partial charge on any atom is 0.134 e. The summed E-state index contributed by atoms with van der Waals surface area (Å²) < 4.78 is 5.81. The summed E-state index contributed by atoms with van der Waals surface area (Å²) in [5.74, 6) is 1.07. The first-order chi connectivity index (χ1) is 7.86. The molecule has 2 nitrogen and oxygen atoms in total. The van der Waals surface area contributed by atoms with E-state index in [-0.39, 0.29) is 0 Å². The summed E-state index contributed by atoms with van der Waals surface area (Å²) in [6.07, 6.45) is 3.84. The van der Waals surface area contributed by atoms with Crippen molar-refractivity contribution in [3.63, 3.8) is 0 Å². The van der Waals surface area contributed by atoms with Gasteiger partial charge in [0, 0.05) is 17.0 Å². The Bertz CT molecular complexity index is 494. The van der Waals surface area contributed by atoms with E-state index in [1.165, 1.54) is 30.2 Å². The van der Waals surface area contributed by atoms with Gasteiger partial charge in [0.2, 0.25) is 0 Å². The van der Waals surface area contributed by atoms with Crippen molar-refractivity contribution in [2.75, 3.05) is 6.54 Å². The Kier molecular flexibility index (Phi) is 2.44. The average Bonchev–Trinajstić information content (AvgIpc) is 2.66. The van der Waals surface area contributed by atoms with Gasteiger partial charge >= 0.3 is 0 Å². The molecular formula is C14H17NO. The van der Waals surface area contributed by atoms with Crippen LogP contribution in [-0.2, 0) is 0 Å². The fourth-order valence-electron chi connectivity index (χ4n) is 2.72. The largest absolute Gasteiger partial charge is 0.461 e. The minimum absolute atomic E-state index is 0.484. The number of hydrogen-bond acceptors (Lipinski definition) is 2. The van der Waals surface area contributed by atoms with E-state index in [2.05, 4.69) is 30.4 Å². The number of hydrogen-bond donors (Lipinski definition) is 1. The second-order valence-corrected chi connectivity index (χ2v) is 4.57. The molecule has 16 heavy (non-hydrogen) atoms. The Labute approximate surface area is 95.6 Å². The van der Waals surface area contributed by atoms with Gasteiger partial charge in [-0.2, -0.15) is 0 Å². The van der Waals surface area contributed by atoms with Gasteiger partial charge < -0.3 is 9.73 Å². The van der Waals surface area contributed by atoms with E-state index >= 15 is 0 Å². The van der Waals surface area contributed by atoms with Gasteiger partial charge in [-0.1, -0.05) is 24.6 Å². The third-order valence-corrected chi connectivity index (χ3v) is 3.48. The number of piperidine rings is 1. The number of fused-ring (bicyclic) bond motifs is 1. The second kappa shape index (κ2) is 3.95. The molecule has 3 rings (SSSR count). The molecule has 1 atom stereocenters. The van der Waals surface area contributed by atoms with Crippen molar-refractivity contribution in [1.82, 2.24) is 5.32 Å². The van der Waals surface area contributed by atoms with Crippen molar-refractivity contribution in [3.05, 3.63) is 35.6 Å². The highest BCUT2D eigenvalue weighted by atomic mass is 16.3. The van der Waals surface area contributed by atoms with E-state index in [9.17, 15) is 0 Å². The normalized spacial score (nSPS) is 21.4. The van der Waals surface area contributed by atoms with Crippen LogP contribution in [0.25, 0.3) is 11.0 Å². The van der Waals surface area contributed by atoms with Crippen LogP contribution >= 0.6 is 0 Å². The number of benzene rings is 1. The van der Waals surface area contributed by atoms with Gasteiger partial charge in [0.15, 0.2) is 0 Å². The van der Waals surface area contributed by atoms with Gasteiger partial charge in [0.25, 0.3) is 0 Å². The molecule has 0 amide bonds. The molecule has 1 aliphatic heterocycles. The lowest BCUT2D eigenvalue weighted by Gasteiger charge is -2.23. The quantitative estimate of drug-likeness (QED) is 0.787. The maximum atomic E-state index is 5.81. The molecule has 0 saturated carbocycles. The smallest absolute Gasteiger partial charge is 0.134 e. The van der Waals surface area contributed by atoms with E-state index < -0.39 is 0 Å². The molecule has 1 fully saturated rings. The highest BCUT2D eigenvalue weighted by molar-refractivity contribution is 5.82. The van der Waals surface area contributed by atoms with Crippen LogP contribution in [-0.4, -0.2) is 6.54 Å². The summed E-state index contributed by atoms with van der Waals surface area (Å²) in [6.45, 7) is 3.20. The van der Waals surface area contributed by atoms with Crippen LogP contribution < -0.4 is 5.32 Å². The summed E-state index contributed by atoms with van der Waals surface area (Å²) >= 11 is 0. The van der Waals surface area contributed by atoms with Crippen LogP contribution in [0.2, 0.25) is 0 Å². The lowest BCUT2D eigenvalue weighted by atomic mass is 9.95. The van der Waals surface area contributed by atoms with Crippen molar-refractivity contribution in [3.8, 4) is 0 Å². The van der Waals surface area contributed by atoms with Crippen LogP contribution in [0.4, 0.5) is 0 Å². The topological polar surface area (TPSA) is 25.2 Å². The van der Waals surface area contributed by atoms with Crippen LogP contribution in [0.5, 0.6) is 0 Å². The SMILES string of the molecule is Cc1oc2ccccc2c1C1CCCCN1. The lowest BCUT2D eigenvalue weighted by molar-refractivity contribution is 0.407. The fourth-order valence-corrected chi connectivity index (χ4v) is 2.72. The predicted octanol–water partition coefficient (Wildman–Crippen LogP) is 3.56. The summed E-state index contributed by atoms with van der Waals surface area (Å²) in [6, 6.07) is 8.82. The van der Waals surface area contributed by atoms with Crippen LogP contribution in [0, 0.1) is 6.92 Å².